The minimum absolute atomic E-state index is 0.570. The largest absolute Gasteiger partial charge is 0.454 e. The van der Waals surface area contributed by atoms with Crippen molar-refractivity contribution in [1.29, 1.82) is 0 Å². The average molecular weight is 1630 g/mol. The van der Waals surface area contributed by atoms with Crippen molar-refractivity contribution in [2.24, 2.45) is 0 Å². The van der Waals surface area contributed by atoms with Crippen molar-refractivity contribution in [2.75, 3.05) is 0 Å². The van der Waals surface area contributed by atoms with Crippen LogP contribution in [-0.4, -0.2) is 39.0 Å². The molecular weight excluding hydrogens is 1560 g/mol. The lowest BCUT2D eigenvalue weighted by molar-refractivity contribution is 0.666. The molecule has 27 rings (SSSR count). The van der Waals surface area contributed by atoms with Gasteiger partial charge in [-0.15, -0.1) is 0 Å². The van der Waals surface area contributed by atoms with Gasteiger partial charge in [0, 0.05) is 81.9 Å². The Hall–Kier alpha value is -17.3. The van der Waals surface area contributed by atoms with Crippen LogP contribution >= 0.6 is 0 Å². The molecule has 594 valence electrons. The first-order valence-electron chi connectivity index (χ1n) is 43.3. The summed E-state index contributed by atoms with van der Waals surface area (Å²) in [5.74, 6) is 3.54. The van der Waals surface area contributed by atoms with Crippen LogP contribution in [0.25, 0.3) is 265 Å². The summed E-state index contributed by atoms with van der Waals surface area (Å²) in [4.78, 5) is 31.9. The SMILES string of the molecule is c1ccc(-c2cccc(-c3nc(-c4ccc5c(ccc6ccccc65)c4)nc(-c4ccc(-n5c6cc7ccccc7cc6c6c7ccccc7ccc65)c5oc6ccccc6c45)n3)c2)cc1.c1ccc(-c2cccc(-c3nc(-c4ccc5ccccc5c4)nc(-c4ccc(-n5c6ccccc6c6cc7ccccc7cc65)c5oc6c7ccccc7ccc6c45)n3)c2)cc1. The Bertz CT molecular complexity index is 9310. The van der Waals surface area contributed by atoms with Gasteiger partial charge in [0.05, 0.1) is 33.4 Å². The zero-order valence-corrected chi connectivity index (χ0v) is 68.8. The number of nitrogens with zero attached hydrogens (tertiary/aromatic N) is 8. The summed E-state index contributed by atoms with van der Waals surface area (Å²) in [5, 5.41) is 25.1. The van der Waals surface area contributed by atoms with E-state index >= 15 is 0 Å². The molecule has 0 aliphatic rings. The van der Waals surface area contributed by atoms with Gasteiger partial charge >= 0.3 is 0 Å². The smallest absolute Gasteiger partial charge is 0.164 e. The number of aromatic nitrogens is 8. The van der Waals surface area contributed by atoms with Gasteiger partial charge in [0.25, 0.3) is 0 Å². The van der Waals surface area contributed by atoms with Crippen molar-refractivity contribution in [1.82, 2.24) is 39.0 Å². The van der Waals surface area contributed by atoms with Crippen molar-refractivity contribution < 1.29 is 8.83 Å². The molecule has 0 aliphatic heterocycles. The van der Waals surface area contributed by atoms with E-state index in [-0.39, 0.29) is 0 Å². The molecule has 10 nitrogen and oxygen atoms in total. The van der Waals surface area contributed by atoms with Crippen LogP contribution in [0.3, 0.4) is 0 Å². The molecule has 6 aromatic heterocycles. The number of benzene rings is 21. The molecule has 0 bridgehead atoms. The zero-order valence-electron chi connectivity index (χ0n) is 68.8. The Morgan fingerprint density at radius 1 is 0.164 bits per heavy atom. The second kappa shape index (κ2) is 29.2. The monoisotopic (exact) mass is 1630 g/mol. The maximum atomic E-state index is 7.22. The standard InChI is InChI=1S/C61H36N4O.C57H34N4O/c1-2-13-37(14-3-1)40-19-12-20-44(33-40)59-62-60(45-27-29-47-43(34-45)26-25-38-15-6-8-21-46(38)47)64-61(63-59)50-30-32-53(58-57(50)49-23-10-11-24-55(49)66-58)65-52-31-28-39-16-7-9-22-48(39)56(52)51-35-41-17-4-5-18-42(41)36-54(51)65;1-2-13-35(14-3-1)39-20-12-21-42(31-39)55-58-56(43-26-25-36-15-4-5-17-38(36)32-43)60-57(59-55)47-29-30-50(54-52(47)46-28-27-37-16-8-9-22-44(37)53(46)62-54)61-49-24-11-10-23-45(49)48-33-40-18-6-7-19-41(40)34-51(48)61/h1-36H;1-34H. The number of hydrogen-bond donors (Lipinski definition) is 0. The maximum Gasteiger partial charge on any atom is 0.164 e. The molecule has 6 heterocycles. The van der Waals surface area contributed by atoms with Gasteiger partial charge in [-0.2, -0.15) is 0 Å². The lowest BCUT2D eigenvalue weighted by Crippen LogP contribution is -2.01. The van der Waals surface area contributed by atoms with Gasteiger partial charge < -0.3 is 18.0 Å². The number of rotatable bonds is 10. The third-order valence-corrected chi connectivity index (χ3v) is 25.8. The highest BCUT2D eigenvalue weighted by molar-refractivity contribution is 6.26. The second-order valence-electron chi connectivity index (χ2n) is 33.1. The molecule has 0 atom stereocenters. The van der Waals surface area contributed by atoms with Gasteiger partial charge in [-0.3, -0.25) is 0 Å². The van der Waals surface area contributed by atoms with E-state index < -0.39 is 0 Å². The lowest BCUT2D eigenvalue weighted by Gasteiger charge is -2.13. The first kappa shape index (κ1) is 72.3. The molecule has 0 saturated carbocycles. The third-order valence-electron chi connectivity index (χ3n) is 25.8. The molecule has 0 unspecified atom stereocenters. The third kappa shape index (κ3) is 11.9. The lowest BCUT2D eigenvalue weighted by atomic mass is 10.00. The van der Waals surface area contributed by atoms with E-state index in [0.717, 1.165) is 160 Å². The van der Waals surface area contributed by atoms with E-state index in [2.05, 4.69) is 410 Å². The Morgan fingerprint density at radius 3 is 1.17 bits per heavy atom. The van der Waals surface area contributed by atoms with Crippen LogP contribution in [0.4, 0.5) is 0 Å². The molecule has 0 amide bonds. The Balaban J connectivity index is 0.000000136. The molecule has 0 spiro atoms. The van der Waals surface area contributed by atoms with Gasteiger partial charge in [0.15, 0.2) is 46.1 Å². The predicted molar refractivity (Wildman–Crippen MR) is 529 cm³/mol. The minimum atomic E-state index is 0.570. The maximum absolute atomic E-state index is 7.22. The summed E-state index contributed by atoms with van der Waals surface area (Å²) < 4.78 is 19.0. The van der Waals surface area contributed by atoms with E-state index in [9.17, 15) is 0 Å². The van der Waals surface area contributed by atoms with Crippen molar-refractivity contribution in [3.05, 3.63) is 425 Å². The van der Waals surface area contributed by atoms with Gasteiger partial charge in [-0.1, -0.05) is 328 Å². The van der Waals surface area contributed by atoms with Crippen LogP contribution in [0.2, 0.25) is 0 Å². The zero-order chi connectivity index (χ0) is 84.0. The Morgan fingerprint density at radius 2 is 0.547 bits per heavy atom. The molecule has 0 aliphatic carbocycles. The molecular formula is C118H70N8O2. The first-order valence-corrected chi connectivity index (χ1v) is 43.3. The van der Waals surface area contributed by atoms with Crippen LogP contribution in [0.15, 0.2) is 433 Å². The molecule has 0 radical (unpaired) electrons. The summed E-state index contributed by atoms with van der Waals surface area (Å²) in [6.45, 7) is 0. The topological polar surface area (TPSA) is 113 Å². The van der Waals surface area contributed by atoms with Gasteiger partial charge in [0.2, 0.25) is 0 Å². The van der Waals surface area contributed by atoms with Crippen LogP contribution in [-0.2, 0) is 0 Å². The second-order valence-corrected chi connectivity index (χ2v) is 33.1. The molecule has 27 aromatic rings. The number of hydrogen-bond acceptors (Lipinski definition) is 8. The van der Waals surface area contributed by atoms with Crippen LogP contribution in [0.1, 0.15) is 0 Å². The molecule has 21 aromatic carbocycles. The number of furan rings is 2. The molecule has 0 saturated heterocycles. The van der Waals surface area contributed by atoms with Crippen LogP contribution < -0.4 is 0 Å². The summed E-state index contributed by atoms with van der Waals surface area (Å²) in [5.41, 5.74) is 19.3. The van der Waals surface area contributed by atoms with Crippen molar-refractivity contribution in [3.63, 3.8) is 0 Å². The van der Waals surface area contributed by atoms with Crippen molar-refractivity contribution >= 4 is 163 Å². The van der Waals surface area contributed by atoms with Crippen LogP contribution in [0.5, 0.6) is 0 Å². The fourth-order valence-electron chi connectivity index (χ4n) is 19.7. The molecule has 0 N–H and O–H groups in total. The van der Waals surface area contributed by atoms with E-state index in [1.165, 1.54) is 70.0 Å². The quantitative estimate of drug-likeness (QED) is 0.124. The Kier molecular flexibility index (Phi) is 16.5. The summed E-state index contributed by atoms with van der Waals surface area (Å²) in [6.07, 6.45) is 0. The van der Waals surface area contributed by atoms with E-state index in [4.69, 9.17) is 38.7 Å². The highest BCUT2D eigenvalue weighted by atomic mass is 16.3. The average Bonchev–Trinajstić information content (AvgIpc) is 1.58. The van der Waals surface area contributed by atoms with E-state index in [1.807, 2.05) is 24.3 Å². The van der Waals surface area contributed by atoms with E-state index in [1.54, 1.807) is 0 Å². The highest BCUT2D eigenvalue weighted by Gasteiger charge is 2.28. The summed E-state index contributed by atoms with van der Waals surface area (Å²) in [7, 11) is 0. The molecule has 0 fully saturated rings. The molecule has 10 heteroatoms. The summed E-state index contributed by atoms with van der Waals surface area (Å²) in [6, 6.07) is 150. The highest BCUT2D eigenvalue weighted by Crippen LogP contribution is 2.49. The normalized spacial score (nSPS) is 11.9. The van der Waals surface area contributed by atoms with Crippen molar-refractivity contribution in [2.45, 2.75) is 0 Å². The van der Waals surface area contributed by atoms with Crippen molar-refractivity contribution in [3.8, 4) is 102 Å². The fourth-order valence-corrected chi connectivity index (χ4v) is 19.7. The number of para-hydroxylation sites is 2. The predicted octanol–water partition coefficient (Wildman–Crippen LogP) is 31.1. The van der Waals surface area contributed by atoms with Gasteiger partial charge in [-0.25, -0.2) is 29.9 Å². The fraction of sp³-hybridized carbons (Fsp3) is 0. The van der Waals surface area contributed by atoms with Gasteiger partial charge in [-0.05, 0) is 189 Å². The Labute approximate surface area is 732 Å². The number of fused-ring (bicyclic) bond motifs is 22. The van der Waals surface area contributed by atoms with Crippen LogP contribution in [0, 0.1) is 0 Å². The molecule has 128 heavy (non-hydrogen) atoms. The first-order chi connectivity index (χ1) is 63.4. The summed E-state index contributed by atoms with van der Waals surface area (Å²) >= 11 is 0. The van der Waals surface area contributed by atoms with E-state index in [0.29, 0.717) is 34.9 Å². The van der Waals surface area contributed by atoms with Gasteiger partial charge in [0.1, 0.15) is 11.2 Å². The minimum Gasteiger partial charge on any atom is -0.454 e.